The average Bonchev–Trinajstić information content (AvgIpc) is 4.36. The van der Waals surface area contributed by atoms with Crippen molar-refractivity contribution in [2.75, 3.05) is 27.3 Å². The number of carbonyl (C=O) groups is 4. The highest BCUT2D eigenvalue weighted by molar-refractivity contribution is 5.90. The van der Waals surface area contributed by atoms with Crippen molar-refractivity contribution >= 4 is 24.0 Å². The number of imidazole rings is 2. The highest BCUT2D eigenvalue weighted by Crippen LogP contribution is 2.57. The minimum absolute atomic E-state index is 0.0402. The van der Waals surface area contributed by atoms with Gasteiger partial charge in [0.15, 0.2) is 0 Å². The number of amides is 4. The molecule has 4 amide bonds. The molecule has 5 aromatic carbocycles. The van der Waals surface area contributed by atoms with Gasteiger partial charge in [0.1, 0.15) is 23.7 Å². The molecule has 0 bridgehead atoms. The van der Waals surface area contributed by atoms with E-state index in [0.717, 1.165) is 72.7 Å². The van der Waals surface area contributed by atoms with E-state index < -0.39 is 24.3 Å². The number of likely N-dealkylation sites (tertiary alicyclic amines) is 2. The fourth-order valence-corrected chi connectivity index (χ4v) is 13.2. The van der Waals surface area contributed by atoms with Gasteiger partial charge in [-0.25, -0.2) is 19.6 Å². The molecule has 4 unspecified atom stereocenters. The summed E-state index contributed by atoms with van der Waals surface area (Å²) in [5.41, 5.74) is 16.0. The van der Waals surface area contributed by atoms with Crippen molar-refractivity contribution in [3.05, 3.63) is 167 Å². The summed E-state index contributed by atoms with van der Waals surface area (Å²) >= 11 is 0. The largest absolute Gasteiger partial charge is 0.453 e. The summed E-state index contributed by atoms with van der Waals surface area (Å²) in [5, 5.41) is 5.55. The smallest absolute Gasteiger partial charge is 0.407 e. The monoisotopic (exact) mass is 1050 g/mol. The molecule has 4 N–H and O–H groups in total. The van der Waals surface area contributed by atoms with E-state index in [1.165, 1.54) is 58.7 Å². The summed E-state index contributed by atoms with van der Waals surface area (Å²) in [7, 11) is 2.60. The summed E-state index contributed by atoms with van der Waals surface area (Å²) in [5.74, 6) is 1.51. The van der Waals surface area contributed by atoms with Crippen LogP contribution in [0.3, 0.4) is 0 Å². The minimum atomic E-state index is -0.899. The normalized spacial score (nSPS) is 20.7. The van der Waals surface area contributed by atoms with Crippen molar-refractivity contribution in [2.45, 2.75) is 115 Å². The molecule has 2 saturated heterocycles. The van der Waals surface area contributed by atoms with Crippen LogP contribution in [-0.2, 0) is 42.7 Å². The number of fused-ring (bicyclic) bond motifs is 2. The minimum Gasteiger partial charge on any atom is -0.453 e. The van der Waals surface area contributed by atoms with Crippen LogP contribution in [0.15, 0.2) is 122 Å². The number of aromatic amines is 2. The molecule has 2 aromatic heterocycles. The van der Waals surface area contributed by atoms with Crippen LogP contribution in [0.1, 0.15) is 136 Å². The Labute approximate surface area is 456 Å². The molecule has 402 valence electrons. The van der Waals surface area contributed by atoms with Gasteiger partial charge in [0.05, 0.1) is 50.1 Å². The lowest BCUT2D eigenvalue weighted by Gasteiger charge is -2.30. The number of nitrogens with one attached hydrogen (secondary N) is 4. The van der Waals surface area contributed by atoms with Crippen molar-refractivity contribution in [3.63, 3.8) is 0 Å². The maximum Gasteiger partial charge on any atom is 0.407 e. The van der Waals surface area contributed by atoms with Gasteiger partial charge in [-0.3, -0.25) is 9.59 Å². The first-order valence-electron chi connectivity index (χ1n) is 27.5. The van der Waals surface area contributed by atoms with E-state index >= 15 is 0 Å². The van der Waals surface area contributed by atoms with Gasteiger partial charge in [-0.15, -0.1) is 0 Å². The van der Waals surface area contributed by atoms with Crippen molar-refractivity contribution in [3.8, 4) is 44.8 Å². The van der Waals surface area contributed by atoms with Crippen molar-refractivity contribution < 1.29 is 28.7 Å². The maximum absolute atomic E-state index is 14.3. The number of aromatic nitrogens is 4. The zero-order valence-electron chi connectivity index (χ0n) is 45.9. The highest BCUT2D eigenvalue weighted by Gasteiger charge is 2.45. The number of hydrogen-bond donors (Lipinski definition) is 4. The number of ether oxygens (including phenoxy) is 2. The Kier molecular flexibility index (Phi) is 13.9. The molecule has 14 heteroatoms. The molecule has 4 heterocycles. The van der Waals surface area contributed by atoms with Gasteiger partial charge in [0.25, 0.3) is 11.8 Å². The molecule has 6 atom stereocenters. The zero-order chi connectivity index (χ0) is 54.6. The summed E-state index contributed by atoms with van der Waals surface area (Å²) in [6, 6.07) is 34.1. The third-order valence-electron chi connectivity index (χ3n) is 17.1. The van der Waals surface area contributed by atoms with E-state index in [0.29, 0.717) is 24.2 Å². The van der Waals surface area contributed by atoms with E-state index in [4.69, 9.17) is 19.4 Å². The second-order valence-electron chi connectivity index (χ2n) is 23.4. The van der Waals surface area contributed by atoms with E-state index in [-0.39, 0.29) is 46.6 Å². The lowest BCUT2D eigenvalue weighted by molar-refractivity contribution is -0.135. The number of hydrogen-bond acceptors (Lipinski definition) is 8. The van der Waals surface area contributed by atoms with Crippen LogP contribution in [0, 0.1) is 11.8 Å². The van der Waals surface area contributed by atoms with Gasteiger partial charge in [0.2, 0.25) is 0 Å². The summed E-state index contributed by atoms with van der Waals surface area (Å²) in [6.45, 7) is 15.0. The Morgan fingerprint density at radius 3 is 1.27 bits per heavy atom. The SMILES string of the molecule is COC(=O)NC(C(=O)N1CC(C)C[C@H]1c1ncc(-c2ccc(-c3c4c(c(-c5ccc(-c6cnc([C@@H]7CC(C)CN7C(=O)C(NC(=O)OC)c7ccccc7)[nH]6)cc5)c5c3C(C)(C)CC5)C(C)(C)CC4)cc2)[nH]1)c1ccccc1. The molecule has 0 radical (unpaired) electrons. The topological polar surface area (TPSA) is 175 Å². The second kappa shape index (κ2) is 20.8. The molecule has 2 aliphatic carbocycles. The fourth-order valence-electron chi connectivity index (χ4n) is 13.2. The second-order valence-corrected chi connectivity index (χ2v) is 23.4. The first kappa shape index (κ1) is 52.1. The lowest BCUT2D eigenvalue weighted by Crippen LogP contribution is -2.43. The Hall–Kier alpha value is -8.00. The van der Waals surface area contributed by atoms with Gasteiger partial charge in [-0.2, -0.15) is 0 Å². The van der Waals surface area contributed by atoms with Crippen molar-refractivity contribution in [1.29, 1.82) is 0 Å². The molecule has 78 heavy (non-hydrogen) atoms. The van der Waals surface area contributed by atoms with Gasteiger partial charge < -0.3 is 39.9 Å². The Morgan fingerprint density at radius 1 is 0.551 bits per heavy atom. The first-order valence-corrected chi connectivity index (χ1v) is 27.5. The van der Waals surface area contributed by atoms with Gasteiger partial charge in [-0.05, 0) is 128 Å². The third kappa shape index (κ3) is 9.63. The van der Waals surface area contributed by atoms with Crippen LogP contribution in [0.25, 0.3) is 44.8 Å². The Bertz CT molecular complexity index is 3160. The Balaban J connectivity index is 0.870. The molecule has 4 aliphatic rings. The van der Waals surface area contributed by atoms with E-state index in [2.05, 4.69) is 111 Å². The number of nitrogens with zero attached hydrogens (tertiary/aromatic N) is 4. The number of H-pyrrole nitrogens is 2. The van der Waals surface area contributed by atoms with Crippen LogP contribution in [0.2, 0.25) is 0 Å². The number of alkyl carbamates (subject to hydrolysis) is 2. The average molecular weight is 1050 g/mol. The zero-order valence-corrected chi connectivity index (χ0v) is 45.9. The molecule has 11 rings (SSSR count). The molecule has 14 nitrogen and oxygen atoms in total. The van der Waals surface area contributed by atoms with Crippen LogP contribution in [0.5, 0.6) is 0 Å². The molecule has 7 aromatic rings. The van der Waals surface area contributed by atoms with Gasteiger partial charge in [-0.1, -0.05) is 151 Å². The fraction of sp³-hybridized carbons (Fsp3) is 0.375. The Morgan fingerprint density at radius 2 is 0.910 bits per heavy atom. The predicted octanol–water partition coefficient (Wildman–Crippen LogP) is 12.3. The predicted molar refractivity (Wildman–Crippen MR) is 301 cm³/mol. The number of methoxy groups -OCH3 is 2. The lowest BCUT2D eigenvalue weighted by atomic mass is 9.73. The molecule has 0 spiro atoms. The molecule has 2 fully saturated rings. The van der Waals surface area contributed by atoms with Crippen molar-refractivity contribution in [1.82, 2.24) is 40.4 Å². The molecular weight excluding hydrogens is 977 g/mol. The van der Waals surface area contributed by atoms with Crippen molar-refractivity contribution in [2.24, 2.45) is 11.8 Å². The van der Waals surface area contributed by atoms with Crippen LogP contribution < -0.4 is 10.6 Å². The van der Waals surface area contributed by atoms with Gasteiger partial charge >= 0.3 is 12.2 Å². The van der Waals surface area contributed by atoms with Crippen LogP contribution in [-0.4, -0.2) is 81.0 Å². The maximum atomic E-state index is 14.3. The van der Waals surface area contributed by atoms with E-state index in [1.54, 1.807) is 0 Å². The quantitative estimate of drug-likeness (QED) is 0.0935. The van der Waals surface area contributed by atoms with Crippen LogP contribution in [0.4, 0.5) is 9.59 Å². The highest BCUT2D eigenvalue weighted by atomic mass is 16.5. The number of carbonyl (C=O) groups excluding carboxylic acids is 4. The summed E-state index contributed by atoms with van der Waals surface area (Å²) in [4.78, 5) is 74.2. The molecule has 0 saturated carbocycles. The van der Waals surface area contributed by atoms with E-state index in [1.807, 2.05) is 82.9 Å². The molecule has 2 aliphatic heterocycles. The standard InChI is InChI=1S/C64H70N8O6/c1-37-31-49(71(35-37)59(73)55(69-61(75)77-7)43-15-11-9-12-16-43)57-65-33-47(67-57)39-19-23-41(24-20-39)51-45-27-29-64(5,6)54(45)52(46-28-30-63(3,4)53(46)51)42-25-21-40(22-26-42)48-34-66-58(68-48)50-32-38(2)36-72(50)60(74)56(70-62(76)78-8)44-17-13-10-14-18-44/h9-26,33-34,37-38,49-50,55-56H,27-32,35-36H2,1-8H3,(H,65,67)(H,66,68)(H,69,75)(H,70,76)/t37?,38?,49-,50-,55?,56?/m0/s1. The van der Waals surface area contributed by atoms with E-state index in [9.17, 15) is 19.2 Å². The summed E-state index contributed by atoms with van der Waals surface area (Å²) < 4.78 is 9.84. The van der Waals surface area contributed by atoms with Crippen LogP contribution >= 0.6 is 0 Å². The third-order valence-corrected chi connectivity index (χ3v) is 17.1. The van der Waals surface area contributed by atoms with Gasteiger partial charge in [0, 0.05) is 13.1 Å². The number of rotatable bonds is 12. The molecular formula is C64H70N8O6. The summed E-state index contributed by atoms with van der Waals surface area (Å²) in [6.07, 6.45) is 8.00. The first-order chi connectivity index (χ1) is 37.5. The number of benzene rings is 5.